The molecule has 0 aliphatic carbocycles. The van der Waals surface area contributed by atoms with Gasteiger partial charge in [-0.2, -0.15) is 0 Å². The molecule has 1 aromatic heterocycles. The van der Waals surface area contributed by atoms with Crippen molar-refractivity contribution in [2.24, 2.45) is 9.98 Å². The highest BCUT2D eigenvalue weighted by Crippen LogP contribution is 2.38. The normalized spacial score (nSPS) is 12.8. The van der Waals surface area contributed by atoms with E-state index >= 15 is 0 Å². The smallest absolute Gasteiger partial charge is 0.0849 e. The fourth-order valence-electron chi connectivity index (χ4n) is 5.65. The van der Waals surface area contributed by atoms with Crippen molar-refractivity contribution in [1.82, 2.24) is 4.98 Å². The van der Waals surface area contributed by atoms with Crippen LogP contribution in [0.3, 0.4) is 0 Å². The number of pyridine rings is 1. The van der Waals surface area contributed by atoms with E-state index in [4.69, 9.17) is 15.0 Å². The molecular formula is C39H55N3O2. The Balaban J connectivity index is 2.10. The maximum Gasteiger partial charge on any atom is 0.0849 e. The zero-order valence-electron chi connectivity index (χ0n) is 28.8. The third-order valence-electron chi connectivity index (χ3n) is 8.24. The van der Waals surface area contributed by atoms with Crippen molar-refractivity contribution in [3.05, 3.63) is 87.2 Å². The number of aliphatic hydroxyl groups excluding tert-OH is 2. The molecule has 0 amide bonds. The van der Waals surface area contributed by atoms with E-state index < -0.39 is 0 Å². The second-order valence-corrected chi connectivity index (χ2v) is 13.3. The summed E-state index contributed by atoms with van der Waals surface area (Å²) in [5.74, 6) is 1.29. The van der Waals surface area contributed by atoms with Crippen LogP contribution in [0.2, 0.25) is 0 Å². The molecule has 0 unspecified atom stereocenters. The first-order valence-electron chi connectivity index (χ1n) is 16.5. The van der Waals surface area contributed by atoms with Gasteiger partial charge in [-0.3, -0.25) is 9.98 Å². The molecule has 0 radical (unpaired) electrons. The first kappa shape index (κ1) is 35.3. The largest absolute Gasteiger partial charge is 0.396 e. The SMILES string of the molecule is CC(=Nc1c(C(C)C)cc(CCCO)cc1C(C)C)c1cccc(C(C)=Nc2c(C(C)C)cc(CCCO)cc2C(C)C)n1. The van der Waals surface area contributed by atoms with Gasteiger partial charge in [0, 0.05) is 13.2 Å². The van der Waals surface area contributed by atoms with E-state index in [9.17, 15) is 10.2 Å². The predicted molar refractivity (Wildman–Crippen MR) is 188 cm³/mol. The Morgan fingerprint density at radius 2 is 0.909 bits per heavy atom. The molecule has 3 rings (SSSR count). The van der Waals surface area contributed by atoms with Gasteiger partial charge in [-0.15, -0.1) is 0 Å². The lowest BCUT2D eigenvalue weighted by Crippen LogP contribution is -2.07. The molecule has 5 heteroatoms. The minimum atomic E-state index is 0.200. The van der Waals surface area contributed by atoms with Gasteiger partial charge in [0.2, 0.25) is 0 Å². The summed E-state index contributed by atoms with van der Waals surface area (Å²) >= 11 is 0. The van der Waals surface area contributed by atoms with Crippen molar-refractivity contribution in [1.29, 1.82) is 0 Å². The van der Waals surface area contributed by atoms with E-state index in [2.05, 4.69) is 79.7 Å². The molecule has 3 aromatic rings. The molecule has 44 heavy (non-hydrogen) atoms. The number of aliphatic imine (C=N–C) groups is 2. The number of aryl methyl sites for hydroxylation is 2. The molecule has 0 aliphatic heterocycles. The highest BCUT2D eigenvalue weighted by atomic mass is 16.3. The Hall–Kier alpha value is -3.15. The van der Waals surface area contributed by atoms with Crippen molar-refractivity contribution >= 4 is 22.8 Å². The van der Waals surface area contributed by atoms with Crippen LogP contribution in [0.4, 0.5) is 11.4 Å². The molecule has 2 N–H and O–H groups in total. The number of rotatable bonds is 14. The summed E-state index contributed by atoms with van der Waals surface area (Å²) in [4.78, 5) is 15.5. The van der Waals surface area contributed by atoms with E-state index in [0.717, 1.165) is 59.9 Å². The van der Waals surface area contributed by atoms with E-state index in [0.29, 0.717) is 23.7 Å². The van der Waals surface area contributed by atoms with Crippen molar-refractivity contribution in [3.63, 3.8) is 0 Å². The van der Waals surface area contributed by atoms with Gasteiger partial charge in [-0.05, 0) is 109 Å². The van der Waals surface area contributed by atoms with Crippen LogP contribution in [0.15, 0.2) is 52.4 Å². The van der Waals surface area contributed by atoms with Crippen molar-refractivity contribution in [2.45, 2.75) is 119 Å². The van der Waals surface area contributed by atoms with Gasteiger partial charge in [0.25, 0.3) is 0 Å². The summed E-state index contributed by atoms with van der Waals surface area (Å²) in [5.41, 5.74) is 13.0. The Kier molecular flexibility index (Phi) is 13.0. The average molecular weight is 598 g/mol. The van der Waals surface area contributed by atoms with Crippen molar-refractivity contribution < 1.29 is 10.2 Å². The van der Waals surface area contributed by atoms with Crippen LogP contribution in [0.1, 0.15) is 151 Å². The summed E-state index contributed by atoms with van der Waals surface area (Å²) in [7, 11) is 0. The van der Waals surface area contributed by atoms with Crippen LogP contribution in [-0.4, -0.2) is 39.8 Å². The second kappa shape index (κ2) is 16.2. The molecular weight excluding hydrogens is 542 g/mol. The molecule has 0 saturated carbocycles. The van der Waals surface area contributed by atoms with Crippen LogP contribution in [0.5, 0.6) is 0 Å². The molecule has 0 bridgehead atoms. The molecule has 0 spiro atoms. The Morgan fingerprint density at radius 3 is 1.18 bits per heavy atom. The summed E-state index contributed by atoms with van der Waals surface area (Å²) < 4.78 is 0. The van der Waals surface area contributed by atoms with Gasteiger partial charge in [0.05, 0.1) is 34.2 Å². The molecule has 0 aliphatic rings. The van der Waals surface area contributed by atoms with Crippen LogP contribution >= 0.6 is 0 Å². The van der Waals surface area contributed by atoms with Gasteiger partial charge >= 0.3 is 0 Å². The second-order valence-electron chi connectivity index (χ2n) is 13.3. The highest BCUT2D eigenvalue weighted by molar-refractivity contribution is 6.02. The fraction of sp³-hybridized carbons (Fsp3) is 0.513. The van der Waals surface area contributed by atoms with Crippen molar-refractivity contribution in [2.75, 3.05) is 13.2 Å². The monoisotopic (exact) mass is 597 g/mol. The number of hydrogen-bond donors (Lipinski definition) is 2. The maximum absolute atomic E-state index is 9.40. The Morgan fingerprint density at radius 1 is 0.591 bits per heavy atom. The van der Waals surface area contributed by atoms with Crippen LogP contribution < -0.4 is 0 Å². The van der Waals surface area contributed by atoms with E-state index in [1.807, 2.05) is 32.0 Å². The van der Waals surface area contributed by atoms with E-state index in [-0.39, 0.29) is 13.2 Å². The number of benzene rings is 2. The topological polar surface area (TPSA) is 78.1 Å². The third kappa shape index (κ3) is 8.95. The predicted octanol–water partition coefficient (Wildman–Crippen LogP) is 9.71. The standard InChI is InChI=1S/C39H55N3O2/c1-24(2)32-20-30(14-12-18-43)21-33(25(3)4)38(32)40-28(9)36-16-11-17-37(42-36)29(10)41-39-34(26(5)6)22-31(15-13-19-44)23-35(39)27(7)8/h11,16-17,20-27,43-44H,12-15,18-19H2,1-10H3. The summed E-state index contributed by atoms with van der Waals surface area (Å²) in [6, 6.07) is 15.2. The van der Waals surface area contributed by atoms with Gasteiger partial charge in [0.15, 0.2) is 0 Å². The average Bonchev–Trinajstić information content (AvgIpc) is 2.98. The molecule has 2 aromatic carbocycles. The molecule has 238 valence electrons. The first-order valence-corrected chi connectivity index (χ1v) is 16.5. The zero-order valence-corrected chi connectivity index (χ0v) is 28.8. The Bertz CT molecular complexity index is 1300. The highest BCUT2D eigenvalue weighted by Gasteiger charge is 2.18. The van der Waals surface area contributed by atoms with E-state index in [1.54, 1.807) is 0 Å². The van der Waals surface area contributed by atoms with E-state index in [1.165, 1.54) is 33.4 Å². The zero-order chi connectivity index (χ0) is 32.6. The lowest BCUT2D eigenvalue weighted by atomic mass is 9.89. The minimum absolute atomic E-state index is 0.200. The van der Waals surface area contributed by atoms with Gasteiger partial charge in [-0.1, -0.05) is 85.7 Å². The minimum Gasteiger partial charge on any atom is -0.396 e. The lowest BCUT2D eigenvalue weighted by Gasteiger charge is -2.20. The number of aromatic nitrogens is 1. The van der Waals surface area contributed by atoms with Gasteiger partial charge in [-0.25, -0.2) is 4.98 Å². The van der Waals surface area contributed by atoms with Crippen LogP contribution in [0.25, 0.3) is 0 Å². The molecule has 0 fully saturated rings. The molecule has 5 nitrogen and oxygen atoms in total. The fourth-order valence-corrected chi connectivity index (χ4v) is 5.65. The molecule has 0 saturated heterocycles. The first-order chi connectivity index (χ1) is 20.9. The van der Waals surface area contributed by atoms with Crippen LogP contribution in [-0.2, 0) is 12.8 Å². The summed E-state index contributed by atoms with van der Waals surface area (Å²) in [6.45, 7) is 22.3. The maximum atomic E-state index is 9.40. The molecule has 0 atom stereocenters. The third-order valence-corrected chi connectivity index (χ3v) is 8.24. The molecule has 1 heterocycles. The van der Waals surface area contributed by atoms with Gasteiger partial charge in [0.1, 0.15) is 0 Å². The Labute approximate surface area is 266 Å². The number of aliphatic hydroxyl groups is 2. The summed E-state index contributed by atoms with van der Waals surface area (Å²) in [5, 5.41) is 18.8. The number of nitrogens with zero attached hydrogens (tertiary/aromatic N) is 3. The number of hydrogen-bond acceptors (Lipinski definition) is 5. The quantitative estimate of drug-likeness (QED) is 0.182. The van der Waals surface area contributed by atoms with Crippen molar-refractivity contribution in [3.8, 4) is 0 Å². The van der Waals surface area contributed by atoms with Crippen LogP contribution in [0, 0.1) is 0 Å². The summed E-state index contributed by atoms with van der Waals surface area (Å²) in [6.07, 6.45) is 3.26. The van der Waals surface area contributed by atoms with Gasteiger partial charge < -0.3 is 10.2 Å². The lowest BCUT2D eigenvalue weighted by molar-refractivity contribution is 0.288.